The molecular weight excluding hydrogens is 389 g/mol. The summed E-state index contributed by atoms with van der Waals surface area (Å²) in [5, 5.41) is 9.25. The van der Waals surface area contributed by atoms with Gasteiger partial charge in [-0.3, -0.25) is 9.59 Å². The molecule has 0 bridgehead atoms. The van der Waals surface area contributed by atoms with Crippen LogP contribution in [0.5, 0.6) is 0 Å². The third-order valence-electron chi connectivity index (χ3n) is 4.03. The highest BCUT2D eigenvalue weighted by atomic mass is 35.5. The zero-order valence-corrected chi connectivity index (χ0v) is 17.1. The van der Waals surface area contributed by atoms with Gasteiger partial charge in [0.15, 0.2) is 6.29 Å². The monoisotopic (exact) mass is 420 g/mol. The second-order valence-electron chi connectivity index (χ2n) is 6.41. The van der Waals surface area contributed by atoms with Crippen LogP contribution in [0, 0.1) is 0 Å². The van der Waals surface area contributed by atoms with Crippen molar-refractivity contribution < 1.29 is 16.1 Å². The van der Waals surface area contributed by atoms with Gasteiger partial charge in [0.1, 0.15) is 6.04 Å². The molecule has 0 aliphatic heterocycles. The molecule has 0 spiro atoms. The van der Waals surface area contributed by atoms with Crippen molar-refractivity contribution in [3.8, 4) is 0 Å². The standard InChI is InChI=1S/C7H4Cl2O.C6H14N2O2.C6H13N/c8-6-2-1-5(4-10)7(9)3-6;7-4-2-1-3-5(8)6(9)10;7-6-4-2-1-3-5-6/h1-4H;5H,1-4,7-8H2,(H,9,10);6H,1-5,7H2/p+1/t;5-;/m.1./s1. The number of halogens is 2. The summed E-state index contributed by atoms with van der Waals surface area (Å²) < 4.78 is 0. The van der Waals surface area contributed by atoms with Crippen LogP contribution >= 0.6 is 23.2 Å². The quantitative estimate of drug-likeness (QED) is 0.409. The number of hydrogen-bond donors (Lipinski definition) is 4. The van der Waals surface area contributed by atoms with Crippen LogP contribution in [0.25, 0.3) is 0 Å². The number of carboxylic acid groups (broad SMARTS) is 1. The lowest BCUT2D eigenvalue weighted by Crippen LogP contribution is -2.29. The molecular formula is C19H32Cl2N3O3+. The summed E-state index contributed by atoms with van der Waals surface area (Å²) in [5.41, 5.74) is 16.5. The van der Waals surface area contributed by atoms with Gasteiger partial charge in [-0.25, -0.2) is 0 Å². The molecule has 2 rings (SSSR count). The van der Waals surface area contributed by atoms with Crippen LogP contribution in [-0.4, -0.2) is 36.0 Å². The van der Waals surface area contributed by atoms with Gasteiger partial charge in [-0.05, 0) is 50.4 Å². The molecule has 1 aromatic rings. The summed E-state index contributed by atoms with van der Waals surface area (Å²) in [6.45, 7) is 0.604. The van der Waals surface area contributed by atoms with E-state index >= 15 is 0 Å². The van der Waals surface area contributed by atoms with E-state index in [2.05, 4.69) is 0 Å². The Morgan fingerprint density at radius 2 is 1.89 bits per heavy atom. The van der Waals surface area contributed by atoms with Crippen LogP contribution in [0.15, 0.2) is 18.2 Å². The van der Waals surface area contributed by atoms with Crippen LogP contribution in [0.3, 0.4) is 0 Å². The number of rotatable bonds is 6. The zero-order valence-electron chi connectivity index (χ0n) is 16.6. The molecule has 1 aliphatic rings. The fraction of sp³-hybridized carbons (Fsp3) is 0.579. The fourth-order valence-corrected chi connectivity index (χ4v) is 2.82. The number of hydrogen-bond acceptors (Lipinski definition) is 5. The van der Waals surface area contributed by atoms with Gasteiger partial charge in [-0.15, -0.1) is 0 Å². The van der Waals surface area contributed by atoms with Crippen molar-refractivity contribution in [2.75, 3.05) is 6.54 Å². The smallest absolute Gasteiger partial charge is 0.480 e. The van der Waals surface area contributed by atoms with Crippen molar-refractivity contribution in [1.82, 2.24) is 0 Å². The lowest BCUT2D eigenvalue weighted by molar-refractivity contribution is -0.138. The number of nitrogens with two attached hydrogens (primary N) is 3. The van der Waals surface area contributed by atoms with Crippen LogP contribution < -0.4 is 17.2 Å². The molecule has 0 amide bonds. The van der Waals surface area contributed by atoms with Crippen LogP contribution in [0.4, 0.5) is 0 Å². The summed E-state index contributed by atoms with van der Waals surface area (Å²) in [4.78, 5) is 20.3. The van der Waals surface area contributed by atoms with E-state index in [4.69, 9.17) is 45.5 Å². The van der Waals surface area contributed by atoms with Crippen molar-refractivity contribution in [3.63, 3.8) is 0 Å². The largest absolute Gasteiger partial charge is 1.00 e. The van der Waals surface area contributed by atoms with Gasteiger partial charge >= 0.3 is 7.40 Å². The molecule has 0 aromatic heterocycles. The highest BCUT2D eigenvalue weighted by Gasteiger charge is 2.09. The van der Waals surface area contributed by atoms with E-state index in [0.717, 1.165) is 12.8 Å². The van der Waals surface area contributed by atoms with E-state index in [1.165, 1.54) is 38.2 Å². The summed E-state index contributed by atoms with van der Waals surface area (Å²) in [6.07, 6.45) is 9.52. The van der Waals surface area contributed by atoms with Gasteiger partial charge < -0.3 is 22.3 Å². The third kappa shape index (κ3) is 13.6. The first-order chi connectivity index (χ1) is 12.8. The lowest BCUT2D eigenvalue weighted by Gasteiger charge is -2.15. The molecule has 0 saturated heterocycles. The minimum Gasteiger partial charge on any atom is -0.480 e. The summed E-state index contributed by atoms with van der Waals surface area (Å²) in [7, 11) is 0. The van der Waals surface area contributed by atoms with E-state index in [9.17, 15) is 9.59 Å². The molecule has 1 atom stereocenters. The van der Waals surface area contributed by atoms with Gasteiger partial charge in [0.05, 0.1) is 5.02 Å². The molecule has 0 radical (unpaired) electrons. The van der Waals surface area contributed by atoms with Crippen molar-refractivity contribution in [2.24, 2.45) is 17.2 Å². The molecule has 154 valence electrons. The average Bonchev–Trinajstić information content (AvgIpc) is 2.63. The molecule has 7 N–H and O–H groups in total. The predicted octanol–water partition coefficient (Wildman–Crippen LogP) is 3.72. The molecule has 8 heteroatoms. The predicted molar refractivity (Wildman–Crippen MR) is 113 cm³/mol. The SMILES string of the molecule is NC1CCCCC1.NCCCC[C@@H](N)C(=O)O.O=Cc1ccc(Cl)cc1Cl.[H+]. The van der Waals surface area contributed by atoms with E-state index in [0.29, 0.717) is 40.9 Å². The Morgan fingerprint density at radius 3 is 2.30 bits per heavy atom. The Bertz CT molecular complexity index is 559. The number of carbonyl (C=O) groups is 2. The van der Waals surface area contributed by atoms with E-state index in [1.54, 1.807) is 12.1 Å². The van der Waals surface area contributed by atoms with Crippen molar-refractivity contribution in [1.29, 1.82) is 0 Å². The highest BCUT2D eigenvalue weighted by molar-refractivity contribution is 6.36. The van der Waals surface area contributed by atoms with Crippen molar-refractivity contribution >= 4 is 35.5 Å². The maximum absolute atomic E-state index is 10.2. The second kappa shape index (κ2) is 15.8. The molecule has 0 heterocycles. The van der Waals surface area contributed by atoms with Crippen LogP contribution in [0.1, 0.15) is 63.2 Å². The Balaban J connectivity index is 0. The van der Waals surface area contributed by atoms with Gasteiger partial charge in [-0.2, -0.15) is 0 Å². The number of unbranched alkanes of at least 4 members (excludes halogenated alkanes) is 1. The summed E-state index contributed by atoms with van der Waals surface area (Å²) in [5.74, 6) is -0.933. The minimum atomic E-state index is -0.933. The van der Waals surface area contributed by atoms with Gasteiger partial charge in [0, 0.05) is 16.6 Å². The second-order valence-corrected chi connectivity index (χ2v) is 7.25. The Morgan fingerprint density at radius 1 is 1.26 bits per heavy atom. The molecule has 0 unspecified atom stereocenters. The average molecular weight is 421 g/mol. The van der Waals surface area contributed by atoms with Gasteiger partial charge in [-0.1, -0.05) is 48.9 Å². The first-order valence-corrected chi connectivity index (χ1v) is 9.91. The Labute approximate surface area is 172 Å². The lowest BCUT2D eigenvalue weighted by atomic mass is 9.97. The summed E-state index contributed by atoms with van der Waals surface area (Å²) in [6, 6.07) is 4.56. The highest BCUT2D eigenvalue weighted by Crippen LogP contribution is 2.19. The number of carboxylic acids is 1. The van der Waals surface area contributed by atoms with Gasteiger partial charge in [0.2, 0.25) is 0 Å². The van der Waals surface area contributed by atoms with Crippen molar-refractivity contribution in [2.45, 2.75) is 63.5 Å². The van der Waals surface area contributed by atoms with E-state index < -0.39 is 12.0 Å². The minimum absolute atomic E-state index is 0. The number of aldehydes is 1. The zero-order chi connectivity index (χ0) is 20.7. The maximum atomic E-state index is 10.2. The number of carbonyl (C=O) groups excluding carboxylic acids is 1. The number of benzene rings is 1. The molecule has 1 aliphatic carbocycles. The van der Waals surface area contributed by atoms with E-state index in [1.807, 2.05) is 0 Å². The van der Waals surface area contributed by atoms with Crippen LogP contribution in [0.2, 0.25) is 10.0 Å². The topological polar surface area (TPSA) is 132 Å². The molecule has 1 fully saturated rings. The maximum Gasteiger partial charge on any atom is 1.00 e. The molecule has 6 nitrogen and oxygen atoms in total. The molecule has 27 heavy (non-hydrogen) atoms. The Kier molecular flexibility index (Phi) is 15.1. The normalized spacial score (nSPS) is 14.9. The first kappa shape index (κ1) is 25.8. The molecule has 1 saturated carbocycles. The van der Waals surface area contributed by atoms with E-state index in [-0.39, 0.29) is 1.43 Å². The van der Waals surface area contributed by atoms with Crippen LogP contribution in [-0.2, 0) is 4.79 Å². The number of aliphatic carboxylic acids is 1. The van der Waals surface area contributed by atoms with Gasteiger partial charge in [0.25, 0.3) is 0 Å². The Hall–Kier alpha value is -1.18. The third-order valence-corrected chi connectivity index (χ3v) is 4.59. The molecule has 1 aromatic carbocycles. The first-order valence-electron chi connectivity index (χ1n) is 9.16. The van der Waals surface area contributed by atoms with Crippen molar-refractivity contribution in [3.05, 3.63) is 33.8 Å². The summed E-state index contributed by atoms with van der Waals surface area (Å²) >= 11 is 11.2. The fourth-order valence-electron chi connectivity index (χ4n) is 2.36.